The Morgan fingerprint density at radius 3 is 2.50 bits per heavy atom. The maximum atomic E-state index is 12.5. The maximum Gasteiger partial charge on any atom is 0.260 e. The van der Waals surface area contributed by atoms with Crippen molar-refractivity contribution in [2.24, 2.45) is 0 Å². The number of benzene rings is 2. The van der Waals surface area contributed by atoms with Gasteiger partial charge in [-0.2, -0.15) is 0 Å². The van der Waals surface area contributed by atoms with Gasteiger partial charge in [-0.25, -0.2) is 0 Å². The number of para-hydroxylation sites is 2. The highest BCUT2D eigenvalue weighted by Gasteiger charge is 2.28. The smallest absolute Gasteiger partial charge is 0.260 e. The summed E-state index contributed by atoms with van der Waals surface area (Å²) in [6.07, 6.45) is 1.99. The van der Waals surface area contributed by atoms with Gasteiger partial charge in [-0.1, -0.05) is 36.4 Å². The zero-order valence-corrected chi connectivity index (χ0v) is 14.2. The summed E-state index contributed by atoms with van der Waals surface area (Å²) in [5, 5.41) is 0. The first-order valence-electron chi connectivity index (χ1n) is 8.38. The van der Waals surface area contributed by atoms with Crippen molar-refractivity contribution in [3.05, 3.63) is 59.7 Å². The Balaban J connectivity index is 1.64. The first-order valence-corrected chi connectivity index (χ1v) is 8.38. The first-order chi connectivity index (χ1) is 11.7. The Bertz CT molecular complexity index is 714. The summed E-state index contributed by atoms with van der Waals surface area (Å²) in [5.41, 5.74) is 2.59. The van der Waals surface area contributed by atoms with E-state index in [1.165, 1.54) is 11.1 Å². The Hall–Kier alpha value is -2.49. The Kier molecular flexibility index (Phi) is 5.04. The predicted molar refractivity (Wildman–Crippen MR) is 93.4 cm³/mol. The lowest BCUT2D eigenvalue weighted by atomic mass is 10.1. The highest BCUT2D eigenvalue weighted by Crippen LogP contribution is 2.35. The molecule has 0 aromatic heterocycles. The van der Waals surface area contributed by atoms with Crippen LogP contribution in [0.2, 0.25) is 0 Å². The molecule has 1 amide bonds. The van der Waals surface area contributed by atoms with E-state index in [4.69, 9.17) is 9.47 Å². The highest BCUT2D eigenvalue weighted by molar-refractivity contribution is 5.78. The van der Waals surface area contributed by atoms with Crippen LogP contribution in [0.25, 0.3) is 0 Å². The van der Waals surface area contributed by atoms with Crippen molar-refractivity contribution >= 4 is 5.91 Å². The molecule has 4 heteroatoms. The fourth-order valence-electron chi connectivity index (χ4n) is 3.20. The van der Waals surface area contributed by atoms with Crippen molar-refractivity contribution in [3.8, 4) is 11.5 Å². The summed E-state index contributed by atoms with van der Waals surface area (Å²) in [5.74, 6) is 1.25. The molecule has 0 aliphatic heterocycles. The van der Waals surface area contributed by atoms with Crippen LogP contribution in [0.3, 0.4) is 0 Å². The van der Waals surface area contributed by atoms with Crippen molar-refractivity contribution in [3.63, 3.8) is 0 Å². The number of hydrogen-bond donors (Lipinski definition) is 0. The lowest BCUT2D eigenvalue weighted by molar-refractivity contribution is -0.134. The Labute approximate surface area is 143 Å². The van der Waals surface area contributed by atoms with Gasteiger partial charge in [-0.15, -0.1) is 0 Å². The molecule has 126 valence electrons. The molecule has 3 rings (SSSR count). The summed E-state index contributed by atoms with van der Waals surface area (Å²) in [6, 6.07) is 15.9. The predicted octanol–water partition coefficient (Wildman–Crippen LogP) is 3.61. The number of rotatable bonds is 6. The van der Waals surface area contributed by atoms with Crippen LogP contribution in [0.1, 0.15) is 30.5 Å². The quantitative estimate of drug-likeness (QED) is 0.814. The van der Waals surface area contributed by atoms with E-state index >= 15 is 0 Å². The van der Waals surface area contributed by atoms with Crippen molar-refractivity contribution in [2.45, 2.75) is 25.8 Å². The van der Waals surface area contributed by atoms with Crippen molar-refractivity contribution in [1.29, 1.82) is 0 Å². The second kappa shape index (κ2) is 7.39. The number of amides is 1. The Morgan fingerprint density at radius 1 is 1.08 bits per heavy atom. The van der Waals surface area contributed by atoms with E-state index in [1.54, 1.807) is 4.90 Å². The topological polar surface area (TPSA) is 38.8 Å². The fourth-order valence-corrected chi connectivity index (χ4v) is 3.20. The van der Waals surface area contributed by atoms with Crippen LogP contribution >= 0.6 is 0 Å². The number of nitrogens with zero attached hydrogens (tertiary/aromatic N) is 1. The van der Waals surface area contributed by atoms with Gasteiger partial charge in [0, 0.05) is 7.05 Å². The van der Waals surface area contributed by atoms with E-state index in [9.17, 15) is 4.79 Å². The molecule has 0 fully saturated rings. The average Bonchev–Trinajstić information content (AvgIpc) is 3.04. The van der Waals surface area contributed by atoms with E-state index < -0.39 is 0 Å². The fraction of sp³-hybridized carbons (Fsp3) is 0.350. The molecule has 0 heterocycles. The van der Waals surface area contributed by atoms with Gasteiger partial charge < -0.3 is 14.4 Å². The lowest BCUT2D eigenvalue weighted by Crippen LogP contribution is -2.34. The third kappa shape index (κ3) is 3.37. The van der Waals surface area contributed by atoms with E-state index in [1.807, 2.05) is 44.3 Å². The third-order valence-corrected chi connectivity index (χ3v) is 4.46. The normalized spacial score (nSPS) is 15.7. The number of hydrogen-bond acceptors (Lipinski definition) is 3. The number of carbonyl (C=O) groups excluding carboxylic acids is 1. The number of fused-ring (bicyclic) bond motifs is 1. The molecule has 0 N–H and O–H groups in total. The van der Waals surface area contributed by atoms with Crippen molar-refractivity contribution < 1.29 is 14.3 Å². The molecule has 1 atom stereocenters. The summed E-state index contributed by atoms with van der Waals surface area (Å²) in [7, 11) is 1.85. The molecule has 0 spiro atoms. The molecule has 0 radical (unpaired) electrons. The second-order valence-electron chi connectivity index (χ2n) is 5.93. The highest BCUT2D eigenvalue weighted by atomic mass is 16.5. The molecule has 4 nitrogen and oxygen atoms in total. The van der Waals surface area contributed by atoms with Gasteiger partial charge in [0.15, 0.2) is 18.1 Å². The van der Waals surface area contributed by atoms with Crippen LogP contribution in [0, 0.1) is 0 Å². The van der Waals surface area contributed by atoms with Gasteiger partial charge in [0.2, 0.25) is 0 Å². The molecule has 0 saturated heterocycles. The minimum atomic E-state index is -0.0250. The number of carbonyl (C=O) groups is 1. The van der Waals surface area contributed by atoms with Gasteiger partial charge in [0.05, 0.1) is 12.6 Å². The molecular formula is C20H23NO3. The van der Waals surface area contributed by atoms with Crippen LogP contribution in [-0.4, -0.2) is 31.1 Å². The maximum absolute atomic E-state index is 12.5. The third-order valence-electron chi connectivity index (χ3n) is 4.46. The van der Waals surface area contributed by atoms with Gasteiger partial charge in [0.1, 0.15) is 0 Å². The molecule has 1 aliphatic carbocycles. The minimum absolute atomic E-state index is 0.0131. The summed E-state index contributed by atoms with van der Waals surface area (Å²) < 4.78 is 11.2. The molecule has 0 saturated carbocycles. The van der Waals surface area contributed by atoms with Crippen molar-refractivity contribution in [2.75, 3.05) is 20.3 Å². The molecule has 1 aliphatic rings. The largest absolute Gasteiger partial charge is 0.490 e. The zero-order valence-electron chi connectivity index (χ0n) is 14.2. The van der Waals surface area contributed by atoms with E-state index in [2.05, 4.69) is 18.2 Å². The van der Waals surface area contributed by atoms with Crippen LogP contribution in [0.15, 0.2) is 48.5 Å². The molecule has 24 heavy (non-hydrogen) atoms. The van der Waals surface area contributed by atoms with Crippen molar-refractivity contribution in [1.82, 2.24) is 4.90 Å². The number of aryl methyl sites for hydroxylation is 1. The van der Waals surface area contributed by atoms with Gasteiger partial charge >= 0.3 is 0 Å². The number of ether oxygens (including phenoxy) is 2. The zero-order chi connectivity index (χ0) is 16.9. The molecule has 2 aromatic rings. The molecule has 0 unspecified atom stereocenters. The van der Waals surface area contributed by atoms with Gasteiger partial charge in [-0.3, -0.25) is 4.79 Å². The summed E-state index contributed by atoms with van der Waals surface area (Å²) in [4.78, 5) is 14.3. The van der Waals surface area contributed by atoms with E-state index in [0.29, 0.717) is 18.1 Å². The van der Waals surface area contributed by atoms with E-state index in [0.717, 1.165) is 12.8 Å². The summed E-state index contributed by atoms with van der Waals surface area (Å²) >= 11 is 0. The minimum Gasteiger partial charge on any atom is -0.490 e. The van der Waals surface area contributed by atoms with Gasteiger partial charge in [-0.05, 0) is 43.0 Å². The average molecular weight is 325 g/mol. The van der Waals surface area contributed by atoms with Gasteiger partial charge in [0.25, 0.3) is 5.91 Å². The first kappa shape index (κ1) is 16.4. The lowest BCUT2D eigenvalue weighted by Gasteiger charge is -2.25. The standard InChI is InChI=1S/C20H23NO3/c1-3-23-18-10-6-7-11-19(18)24-14-20(22)21(2)17-13-12-15-8-4-5-9-16(15)17/h4-11,17H,3,12-14H2,1-2H3/t17-/m1/s1. The van der Waals surface area contributed by atoms with E-state index in [-0.39, 0.29) is 18.6 Å². The molecule has 2 aromatic carbocycles. The SMILES string of the molecule is CCOc1ccccc1OCC(=O)N(C)[C@@H]1CCc2ccccc21. The number of likely N-dealkylation sites (N-methyl/N-ethyl adjacent to an activating group) is 1. The van der Waals surface area contributed by atoms with Crippen LogP contribution in [0.4, 0.5) is 0 Å². The second-order valence-corrected chi connectivity index (χ2v) is 5.93. The van der Waals surface area contributed by atoms with Crippen LogP contribution < -0.4 is 9.47 Å². The molecular weight excluding hydrogens is 302 g/mol. The summed E-state index contributed by atoms with van der Waals surface area (Å²) in [6.45, 7) is 2.50. The molecule has 0 bridgehead atoms. The Morgan fingerprint density at radius 2 is 1.75 bits per heavy atom. The monoisotopic (exact) mass is 325 g/mol. The van der Waals surface area contributed by atoms with Crippen LogP contribution in [-0.2, 0) is 11.2 Å². The van der Waals surface area contributed by atoms with Crippen LogP contribution in [0.5, 0.6) is 11.5 Å².